The van der Waals surface area contributed by atoms with Crippen LogP contribution in [0.4, 0.5) is 0 Å². The summed E-state index contributed by atoms with van der Waals surface area (Å²) in [5, 5.41) is 3.40. The minimum atomic E-state index is 0.590. The van der Waals surface area contributed by atoms with Crippen molar-refractivity contribution in [2.75, 3.05) is 41.0 Å². The van der Waals surface area contributed by atoms with E-state index in [-0.39, 0.29) is 0 Å². The topological polar surface area (TPSA) is 46.1 Å². The second-order valence-electron chi connectivity index (χ2n) is 5.47. The monoisotopic (exact) mass is 369 g/mol. The Balaban J connectivity index is 1.93. The summed E-state index contributed by atoms with van der Waals surface area (Å²) in [7, 11) is 5.55. The first-order chi connectivity index (χ1) is 10.6. The van der Waals surface area contributed by atoms with Gasteiger partial charge in [-0.15, -0.1) is 0 Å². The van der Waals surface area contributed by atoms with Gasteiger partial charge in [0, 0.05) is 44.2 Å². The molecule has 6 heteroatoms. The minimum Gasteiger partial charge on any atom is -0.497 e. The number of hydrogen-bond donors (Lipinski definition) is 1. The standard InChI is InChI=1S/C16H24BrN3O2/c1-18-16(20(2)10-12-6-7-22-11-12)19-9-13-8-14(21-3)4-5-15(13)17/h4-5,8,12H,6-7,9-11H2,1-3H3,(H,18,19). The highest BCUT2D eigenvalue weighted by Gasteiger charge is 2.19. The van der Waals surface area contributed by atoms with Gasteiger partial charge in [0.15, 0.2) is 5.96 Å². The number of rotatable bonds is 5. The van der Waals surface area contributed by atoms with E-state index in [1.54, 1.807) is 7.11 Å². The zero-order valence-electron chi connectivity index (χ0n) is 13.4. The van der Waals surface area contributed by atoms with Gasteiger partial charge in [-0.2, -0.15) is 0 Å². The van der Waals surface area contributed by atoms with E-state index in [1.165, 1.54) is 0 Å². The third-order valence-corrected chi connectivity index (χ3v) is 4.59. The second kappa shape index (κ2) is 8.39. The van der Waals surface area contributed by atoms with Crippen LogP contribution in [-0.2, 0) is 11.3 Å². The molecule has 1 aromatic rings. The molecule has 1 heterocycles. The fraction of sp³-hybridized carbons (Fsp3) is 0.562. The quantitative estimate of drug-likeness (QED) is 0.639. The van der Waals surface area contributed by atoms with Gasteiger partial charge in [-0.05, 0) is 30.2 Å². The SMILES string of the molecule is CN=C(NCc1cc(OC)ccc1Br)N(C)CC1CCOC1. The summed E-state index contributed by atoms with van der Waals surface area (Å²) in [5.41, 5.74) is 1.14. The summed E-state index contributed by atoms with van der Waals surface area (Å²) in [6.07, 6.45) is 1.13. The summed E-state index contributed by atoms with van der Waals surface area (Å²) in [5.74, 6) is 2.33. The molecule has 1 fully saturated rings. The van der Waals surface area contributed by atoms with E-state index in [1.807, 2.05) is 25.2 Å². The first kappa shape index (κ1) is 17.1. The van der Waals surface area contributed by atoms with Crippen molar-refractivity contribution >= 4 is 21.9 Å². The van der Waals surface area contributed by atoms with Gasteiger partial charge in [0.1, 0.15) is 5.75 Å². The third kappa shape index (κ3) is 4.61. The lowest BCUT2D eigenvalue weighted by molar-refractivity contribution is 0.181. The molecule has 122 valence electrons. The van der Waals surface area contributed by atoms with Gasteiger partial charge in [-0.1, -0.05) is 15.9 Å². The summed E-state index contributed by atoms with van der Waals surface area (Å²) >= 11 is 3.57. The third-order valence-electron chi connectivity index (χ3n) is 3.82. The van der Waals surface area contributed by atoms with Crippen LogP contribution < -0.4 is 10.1 Å². The Labute approximate surface area is 140 Å². The number of ether oxygens (including phenoxy) is 2. The molecular weight excluding hydrogens is 346 g/mol. The average Bonchev–Trinajstić information content (AvgIpc) is 3.02. The van der Waals surface area contributed by atoms with Crippen LogP contribution in [-0.4, -0.2) is 51.8 Å². The van der Waals surface area contributed by atoms with Crippen molar-refractivity contribution in [3.8, 4) is 5.75 Å². The zero-order chi connectivity index (χ0) is 15.9. The van der Waals surface area contributed by atoms with E-state index in [0.717, 1.165) is 47.9 Å². The van der Waals surface area contributed by atoms with Crippen molar-refractivity contribution in [3.63, 3.8) is 0 Å². The number of hydrogen-bond acceptors (Lipinski definition) is 3. The molecule has 2 rings (SSSR count). The van der Waals surface area contributed by atoms with Crippen LogP contribution in [0.3, 0.4) is 0 Å². The van der Waals surface area contributed by atoms with Crippen molar-refractivity contribution in [2.24, 2.45) is 10.9 Å². The maximum atomic E-state index is 5.43. The number of nitrogens with zero attached hydrogens (tertiary/aromatic N) is 2. The fourth-order valence-corrected chi connectivity index (χ4v) is 2.96. The summed E-state index contributed by atoms with van der Waals surface area (Å²) in [4.78, 5) is 6.52. The van der Waals surface area contributed by atoms with Gasteiger partial charge in [0.2, 0.25) is 0 Å². The maximum Gasteiger partial charge on any atom is 0.193 e. The number of halogens is 1. The molecule has 0 radical (unpaired) electrons. The number of guanidine groups is 1. The molecule has 1 unspecified atom stereocenters. The molecule has 0 aromatic heterocycles. The van der Waals surface area contributed by atoms with Gasteiger partial charge < -0.3 is 19.7 Å². The van der Waals surface area contributed by atoms with Gasteiger partial charge in [-0.3, -0.25) is 4.99 Å². The first-order valence-electron chi connectivity index (χ1n) is 7.46. The number of methoxy groups -OCH3 is 1. The highest BCUT2D eigenvalue weighted by atomic mass is 79.9. The zero-order valence-corrected chi connectivity index (χ0v) is 15.0. The molecular formula is C16H24BrN3O2. The molecule has 1 N–H and O–H groups in total. The normalized spacial score (nSPS) is 18.4. The van der Waals surface area contributed by atoms with Crippen molar-refractivity contribution in [1.82, 2.24) is 10.2 Å². The molecule has 0 aliphatic carbocycles. The van der Waals surface area contributed by atoms with Gasteiger partial charge in [-0.25, -0.2) is 0 Å². The predicted molar refractivity (Wildman–Crippen MR) is 92.4 cm³/mol. The molecule has 1 aromatic carbocycles. The van der Waals surface area contributed by atoms with E-state index in [2.05, 4.69) is 38.2 Å². The van der Waals surface area contributed by atoms with Crippen LogP contribution in [0.15, 0.2) is 27.7 Å². The Morgan fingerprint density at radius 3 is 3.00 bits per heavy atom. The largest absolute Gasteiger partial charge is 0.497 e. The Hall–Kier alpha value is -1.27. The van der Waals surface area contributed by atoms with Gasteiger partial charge in [0.05, 0.1) is 13.7 Å². The van der Waals surface area contributed by atoms with Crippen LogP contribution >= 0.6 is 15.9 Å². The first-order valence-corrected chi connectivity index (χ1v) is 8.25. The molecule has 1 aliphatic heterocycles. The van der Waals surface area contributed by atoms with Crippen molar-refractivity contribution in [1.29, 1.82) is 0 Å². The molecule has 5 nitrogen and oxygen atoms in total. The average molecular weight is 370 g/mol. The summed E-state index contributed by atoms with van der Waals surface area (Å²) < 4.78 is 11.8. The van der Waals surface area contributed by atoms with E-state index in [4.69, 9.17) is 9.47 Å². The summed E-state index contributed by atoms with van der Waals surface area (Å²) in [6, 6.07) is 5.96. The maximum absolute atomic E-state index is 5.43. The Morgan fingerprint density at radius 1 is 1.55 bits per heavy atom. The Morgan fingerprint density at radius 2 is 2.36 bits per heavy atom. The van der Waals surface area contributed by atoms with Crippen LogP contribution in [0.5, 0.6) is 5.75 Å². The summed E-state index contributed by atoms with van der Waals surface area (Å²) in [6.45, 7) is 3.37. The van der Waals surface area contributed by atoms with Crippen LogP contribution in [0, 0.1) is 5.92 Å². The number of aliphatic imine (C=N–C) groups is 1. The van der Waals surface area contributed by atoms with Gasteiger partial charge in [0.25, 0.3) is 0 Å². The van der Waals surface area contributed by atoms with Gasteiger partial charge >= 0.3 is 0 Å². The fourth-order valence-electron chi connectivity index (χ4n) is 2.57. The van der Waals surface area contributed by atoms with E-state index < -0.39 is 0 Å². The van der Waals surface area contributed by atoms with E-state index in [9.17, 15) is 0 Å². The minimum absolute atomic E-state index is 0.590. The molecule has 0 bridgehead atoms. The predicted octanol–water partition coefficient (Wildman–Crippen LogP) is 2.50. The van der Waals surface area contributed by atoms with Crippen LogP contribution in [0.25, 0.3) is 0 Å². The van der Waals surface area contributed by atoms with Crippen LogP contribution in [0.2, 0.25) is 0 Å². The van der Waals surface area contributed by atoms with E-state index >= 15 is 0 Å². The molecule has 22 heavy (non-hydrogen) atoms. The molecule has 0 amide bonds. The Kier molecular flexibility index (Phi) is 6.51. The smallest absolute Gasteiger partial charge is 0.193 e. The number of benzene rings is 1. The van der Waals surface area contributed by atoms with Crippen LogP contribution in [0.1, 0.15) is 12.0 Å². The number of nitrogens with one attached hydrogen (secondary N) is 1. The van der Waals surface area contributed by atoms with E-state index in [0.29, 0.717) is 12.5 Å². The second-order valence-corrected chi connectivity index (χ2v) is 6.32. The molecule has 1 saturated heterocycles. The lowest BCUT2D eigenvalue weighted by Crippen LogP contribution is -2.41. The highest BCUT2D eigenvalue weighted by Crippen LogP contribution is 2.22. The van der Waals surface area contributed by atoms with Crippen molar-refractivity contribution in [3.05, 3.63) is 28.2 Å². The lowest BCUT2D eigenvalue weighted by Gasteiger charge is -2.24. The molecule has 0 spiro atoms. The molecule has 1 atom stereocenters. The molecule has 1 aliphatic rings. The highest BCUT2D eigenvalue weighted by molar-refractivity contribution is 9.10. The molecule has 0 saturated carbocycles. The Bertz CT molecular complexity index is 516. The lowest BCUT2D eigenvalue weighted by atomic mass is 10.1. The van der Waals surface area contributed by atoms with Crippen molar-refractivity contribution < 1.29 is 9.47 Å². The van der Waals surface area contributed by atoms with Crippen molar-refractivity contribution in [2.45, 2.75) is 13.0 Å².